The summed E-state index contributed by atoms with van der Waals surface area (Å²) >= 11 is 0. The van der Waals surface area contributed by atoms with Crippen LogP contribution in [0.1, 0.15) is 25.7 Å². The molecule has 5 heteroatoms. The Morgan fingerprint density at radius 3 is 3.06 bits per heavy atom. The zero-order valence-electron chi connectivity index (χ0n) is 11.1. The van der Waals surface area contributed by atoms with Gasteiger partial charge in [-0.2, -0.15) is 0 Å². The second-order valence-corrected chi connectivity index (χ2v) is 4.62. The molecule has 0 saturated carbocycles. The van der Waals surface area contributed by atoms with Crippen LogP contribution in [-0.4, -0.2) is 43.4 Å². The maximum atomic E-state index is 5.72. The van der Waals surface area contributed by atoms with Crippen LogP contribution >= 0.6 is 0 Å². The van der Waals surface area contributed by atoms with Gasteiger partial charge < -0.3 is 14.4 Å². The zero-order chi connectivity index (χ0) is 12.8. The van der Waals surface area contributed by atoms with Crippen molar-refractivity contribution in [1.82, 2.24) is 9.97 Å². The van der Waals surface area contributed by atoms with E-state index in [1.165, 1.54) is 25.6 Å². The summed E-state index contributed by atoms with van der Waals surface area (Å²) in [6, 6.07) is 1.85. The summed E-state index contributed by atoms with van der Waals surface area (Å²) in [4.78, 5) is 10.4. The minimum Gasteiger partial charge on any atom is -0.481 e. The van der Waals surface area contributed by atoms with Gasteiger partial charge in [-0.05, 0) is 25.7 Å². The Balaban J connectivity index is 1.84. The van der Waals surface area contributed by atoms with Crippen LogP contribution in [0.25, 0.3) is 0 Å². The van der Waals surface area contributed by atoms with Crippen LogP contribution in [-0.2, 0) is 4.74 Å². The zero-order valence-corrected chi connectivity index (χ0v) is 11.1. The Morgan fingerprint density at radius 2 is 2.33 bits per heavy atom. The molecule has 1 aromatic heterocycles. The van der Waals surface area contributed by atoms with Gasteiger partial charge in [0, 0.05) is 26.3 Å². The van der Waals surface area contributed by atoms with Gasteiger partial charge in [0.25, 0.3) is 0 Å². The highest BCUT2D eigenvalue weighted by atomic mass is 16.5. The van der Waals surface area contributed by atoms with Gasteiger partial charge in [0.2, 0.25) is 5.88 Å². The molecule has 100 valence electrons. The van der Waals surface area contributed by atoms with Crippen molar-refractivity contribution in [1.29, 1.82) is 0 Å². The molecule has 0 unspecified atom stereocenters. The van der Waals surface area contributed by atoms with Crippen LogP contribution in [0.4, 0.5) is 5.82 Å². The molecule has 0 bridgehead atoms. The van der Waals surface area contributed by atoms with Crippen LogP contribution in [0, 0.1) is 0 Å². The monoisotopic (exact) mass is 251 g/mol. The molecule has 0 amide bonds. The summed E-state index contributed by atoms with van der Waals surface area (Å²) in [6.07, 6.45) is 6.65. The van der Waals surface area contributed by atoms with Crippen molar-refractivity contribution in [3.63, 3.8) is 0 Å². The molecule has 0 aliphatic carbocycles. The van der Waals surface area contributed by atoms with Gasteiger partial charge in [-0.3, -0.25) is 0 Å². The Hall–Kier alpha value is -1.36. The number of aromatic nitrogens is 2. The number of hydrogen-bond acceptors (Lipinski definition) is 5. The van der Waals surface area contributed by atoms with Gasteiger partial charge >= 0.3 is 0 Å². The fourth-order valence-corrected chi connectivity index (χ4v) is 2.14. The largest absolute Gasteiger partial charge is 0.481 e. The molecule has 1 aromatic rings. The van der Waals surface area contributed by atoms with Gasteiger partial charge in [0.1, 0.15) is 12.1 Å². The van der Waals surface area contributed by atoms with Crippen molar-refractivity contribution >= 4 is 5.82 Å². The predicted molar refractivity (Wildman–Crippen MR) is 70.1 cm³/mol. The lowest BCUT2D eigenvalue weighted by molar-refractivity contribution is 0.0126. The van der Waals surface area contributed by atoms with Crippen LogP contribution in [0.5, 0.6) is 5.88 Å². The highest BCUT2D eigenvalue weighted by Gasteiger charge is 2.15. The number of ether oxygens (including phenoxy) is 2. The molecular formula is C13H21N3O2. The molecule has 1 saturated heterocycles. The third-order valence-corrected chi connectivity index (χ3v) is 3.29. The second-order valence-electron chi connectivity index (χ2n) is 4.62. The molecule has 5 nitrogen and oxygen atoms in total. The highest BCUT2D eigenvalue weighted by Crippen LogP contribution is 2.18. The van der Waals surface area contributed by atoms with Crippen molar-refractivity contribution < 1.29 is 9.47 Å². The maximum Gasteiger partial charge on any atom is 0.218 e. The molecule has 0 aromatic carbocycles. The van der Waals surface area contributed by atoms with E-state index >= 15 is 0 Å². The number of anilines is 1. The molecule has 18 heavy (non-hydrogen) atoms. The normalized spacial score (nSPS) is 19.6. The van der Waals surface area contributed by atoms with Gasteiger partial charge in [-0.25, -0.2) is 9.97 Å². The summed E-state index contributed by atoms with van der Waals surface area (Å²) in [5.41, 5.74) is 0. The quantitative estimate of drug-likeness (QED) is 0.799. The van der Waals surface area contributed by atoms with Gasteiger partial charge in [0.05, 0.1) is 13.2 Å². The fraction of sp³-hybridized carbons (Fsp3) is 0.692. The van der Waals surface area contributed by atoms with Gasteiger partial charge in [-0.15, -0.1) is 0 Å². The number of methoxy groups -OCH3 is 1. The molecule has 0 radical (unpaired) electrons. The van der Waals surface area contributed by atoms with Crippen LogP contribution < -0.4 is 9.64 Å². The smallest absolute Gasteiger partial charge is 0.218 e. The lowest BCUT2D eigenvalue weighted by atomic mass is 10.1. The lowest BCUT2D eigenvalue weighted by Gasteiger charge is -2.25. The first-order chi connectivity index (χ1) is 8.79. The molecule has 1 aliphatic heterocycles. The van der Waals surface area contributed by atoms with E-state index in [0.717, 1.165) is 25.4 Å². The Kier molecular flexibility index (Phi) is 4.75. The lowest BCUT2D eigenvalue weighted by Crippen LogP contribution is -2.27. The van der Waals surface area contributed by atoms with Crippen molar-refractivity contribution in [2.75, 3.05) is 32.2 Å². The Labute approximate surface area is 108 Å². The molecule has 0 N–H and O–H groups in total. The summed E-state index contributed by atoms with van der Waals surface area (Å²) in [7, 11) is 3.65. The van der Waals surface area contributed by atoms with E-state index in [1.54, 1.807) is 7.11 Å². The summed E-state index contributed by atoms with van der Waals surface area (Å²) < 4.78 is 10.8. The van der Waals surface area contributed by atoms with Crippen LogP contribution in [0.3, 0.4) is 0 Å². The van der Waals surface area contributed by atoms with E-state index in [4.69, 9.17) is 9.47 Å². The number of rotatable bonds is 5. The highest BCUT2D eigenvalue weighted by molar-refractivity contribution is 5.39. The van der Waals surface area contributed by atoms with E-state index in [9.17, 15) is 0 Å². The van der Waals surface area contributed by atoms with E-state index in [1.807, 2.05) is 13.1 Å². The molecule has 1 atom stereocenters. The third-order valence-electron chi connectivity index (χ3n) is 3.29. The summed E-state index contributed by atoms with van der Waals surface area (Å²) in [5, 5.41) is 0. The Morgan fingerprint density at radius 1 is 1.44 bits per heavy atom. The number of hydrogen-bond donors (Lipinski definition) is 0. The van der Waals surface area contributed by atoms with Crippen molar-refractivity contribution in [2.24, 2.45) is 0 Å². The minimum atomic E-state index is 0.407. The summed E-state index contributed by atoms with van der Waals surface area (Å²) in [5.74, 6) is 1.48. The molecule has 1 aliphatic rings. The van der Waals surface area contributed by atoms with Gasteiger partial charge in [0.15, 0.2) is 0 Å². The molecule has 2 rings (SSSR count). The minimum absolute atomic E-state index is 0.407. The number of nitrogens with zero attached hydrogens (tertiary/aromatic N) is 3. The first kappa shape index (κ1) is 13.1. The molecule has 0 spiro atoms. The summed E-state index contributed by atoms with van der Waals surface area (Å²) in [6.45, 7) is 1.85. The van der Waals surface area contributed by atoms with E-state index in [0.29, 0.717) is 12.0 Å². The second kappa shape index (κ2) is 6.54. The molecule has 1 fully saturated rings. The van der Waals surface area contributed by atoms with E-state index < -0.39 is 0 Å². The van der Waals surface area contributed by atoms with Gasteiger partial charge in [-0.1, -0.05) is 0 Å². The van der Waals surface area contributed by atoms with Crippen molar-refractivity contribution in [2.45, 2.75) is 31.8 Å². The van der Waals surface area contributed by atoms with Crippen molar-refractivity contribution in [3.05, 3.63) is 12.4 Å². The molecule has 2 heterocycles. The van der Waals surface area contributed by atoms with E-state index in [-0.39, 0.29) is 0 Å². The average Bonchev–Trinajstić information content (AvgIpc) is 2.46. The Bertz CT molecular complexity index is 367. The standard InChI is InChI=1S/C13H21N3O2/c1-16(7-6-11-5-3-4-8-18-11)12-9-13(17-2)15-10-14-12/h9-11H,3-8H2,1-2H3/t11-/m1/s1. The van der Waals surface area contributed by atoms with E-state index in [2.05, 4.69) is 14.9 Å². The fourth-order valence-electron chi connectivity index (χ4n) is 2.14. The SMILES string of the molecule is COc1cc(N(C)CC[C@H]2CCCCO2)ncn1. The van der Waals surface area contributed by atoms with Crippen LogP contribution in [0.2, 0.25) is 0 Å². The van der Waals surface area contributed by atoms with Crippen molar-refractivity contribution in [3.8, 4) is 5.88 Å². The van der Waals surface area contributed by atoms with Crippen LogP contribution in [0.15, 0.2) is 12.4 Å². The third kappa shape index (κ3) is 3.57. The first-order valence-electron chi connectivity index (χ1n) is 6.48. The topological polar surface area (TPSA) is 47.5 Å². The average molecular weight is 251 g/mol. The first-order valence-corrected chi connectivity index (χ1v) is 6.48. The predicted octanol–water partition coefficient (Wildman–Crippen LogP) is 1.88. The molecular weight excluding hydrogens is 230 g/mol. The maximum absolute atomic E-state index is 5.72.